The molecule has 1 rings (SSSR count). The minimum absolute atomic E-state index is 0.493. The summed E-state index contributed by atoms with van der Waals surface area (Å²) in [5, 5.41) is 0. The van der Waals surface area contributed by atoms with Gasteiger partial charge in [0.1, 0.15) is 0 Å². The smallest absolute Gasteiger partial charge is 0.203 e. The molecule has 0 aliphatic heterocycles. The molecule has 3 heteroatoms. The summed E-state index contributed by atoms with van der Waals surface area (Å²) < 4.78 is 15.9. The first-order valence-electron chi connectivity index (χ1n) is 5.61. The maximum atomic E-state index is 5.39. The lowest BCUT2D eigenvalue weighted by Crippen LogP contribution is -1.96. The first-order chi connectivity index (χ1) is 8.13. The Kier molecular flexibility index (Phi) is 4.88. The second kappa shape index (κ2) is 6.18. The predicted molar refractivity (Wildman–Crippen MR) is 70.0 cm³/mol. The molecule has 0 unspecified atom stereocenters. The highest BCUT2D eigenvalue weighted by Gasteiger charge is 2.13. The third-order valence-electron chi connectivity index (χ3n) is 2.40. The third kappa shape index (κ3) is 3.16. The van der Waals surface area contributed by atoms with Gasteiger partial charge in [0.15, 0.2) is 11.5 Å². The summed E-state index contributed by atoms with van der Waals surface area (Å²) in [6, 6.07) is 3.83. The van der Waals surface area contributed by atoms with Crippen LogP contribution in [0.1, 0.15) is 19.4 Å². The zero-order valence-electron chi connectivity index (χ0n) is 11.1. The maximum absolute atomic E-state index is 5.39. The fraction of sp³-hybridized carbons (Fsp3) is 0.429. The second-order valence-corrected chi connectivity index (χ2v) is 4.03. The Bertz CT molecular complexity index is 395. The van der Waals surface area contributed by atoms with Gasteiger partial charge in [0, 0.05) is 5.56 Å². The van der Waals surface area contributed by atoms with Crippen LogP contribution in [0.25, 0.3) is 6.08 Å². The number of ether oxygens (including phenoxy) is 3. The summed E-state index contributed by atoms with van der Waals surface area (Å²) in [6.07, 6.45) is 4.15. The van der Waals surface area contributed by atoms with Gasteiger partial charge in [-0.05, 0) is 18.1 Å². The molecule has 0 radical (unpaired) electrons. The summed E-state index contributed by atoms with van der Waals surface area (Å²) in [7, 11) is 4.85. The Morgan fingerprint density at radius 2 is 1.59 bits per heavy atom. The highest BCUT2D eigenvalue weighted by atomic mass is 16.5. The molecule has 0 aliphatic rings. The molecule has 0 heterocycles. The topological polar surface area (TPSA) is 27.7 Å². The molecule has 1 aromatic carbocycles. The first-order valence-corrected chi connectivity index (χ1v) is 5.61. The zero-order valence-corrected chi connectivity index (χ0v) is 11.1. The summed E-state index contributed by atoms with van der Waals surface area (Å²) in [5.74, 6) is 2.49. The van der Waals surface area contributed by atoms with E-state index in [1.807, 2.05) is 18.2 Å². The van der Waals surface area contributed by atoms with Crippen molar-refractivity contribution in [2.24, 2.45) is 5.92 Å². The SMILES string of the molecule is COc1ccc(/C=C/C(C)C)c(OC)c1OC. The molecule has 0 bridgehead atoms. The van der Waals surface area contributed by atoms with Gasteiger partial charge in [-0.15, -0.1) is 0 Å². The lowest BCUT2D eigenvalue weighted by Gasteiger charge is -2.14. The molecule has 17 heavy (non-hydrogen) atoms. The monoisotopic (exact) mass is 236 g/mol. The minimum Gasteiger partial charge on any atom is -0.493 e. The van der Waals surface area contributed by atoms with Crippen molar-refractivity contribution in [1.82, 2.24) is 0 Å². The van der Waals surface area contributed by atoms with Gasteiger partial charge in [-0.25, -0.2) is 0 Å². The van der Waals surface area contributed by atoms with E-state index in [9.17, 15) is 0 Å². The van der Waals surface area contributed by atoms with Gasteiger partial charge in [-0.3, -0.25) is 0 Å². The summed E-state index contributed by atoms with van der Waals surface area (Å²) in [5.41, 5.74) is 0.985. The van der Waals surface area contributed by atoms with Gasteiger partial charge in [-0.1, -0.05) is 26.0 Å². The molecule has 94 valence electrons. The minimum atomic E-state index is 0.493. The highest BCUT2D eigenvalue weighted by Crippen LogP contribution is 2.40. The Hall–Kier alpha value is -1.64. The van der Waals surface area contributed by atoms with Crippen molar-refractivity contribution in [3.8, 4) is 17.2 Å². The fourth-order valence-electron chi connectivity index (χ4n) is 1.55. The molecule has 0 saturated heterocycles. The predicted octanol–water partition coefficient (Wildman–Crippen LogP) is 3.38. The number of hydrogen-bond donors (Lipinski definition) is 0. The van der Waals surface area contributed by atoms with Crippen molar-refractivity contribution < 1.29 is 14.2 Å². The largest absolute Gasteiger partial charge is 0.493 e. The average Bonchev–Trinajstić information content (AvgIpc) is 2.34. The van der Waals surface area contributed by atoms with Crippen molar-refractivity contribution in [2.45, 2.75) is 13.8 Å². The van der Waals surface area contributed by atoms with E-state index in [4.69, 9.17) is 14.2 Å². The van der Waals surface area contributed by atoms with Gasteiger partial charge >= 0.3 is 0 Å². The molecule has 0 aromatic heterocycles. The van der Waals surface area contributed by atoms with Gasteiger partial charge in [0.2, 0.25) is 5.75 Å². The lowest BCUT2D eigenvalue weighted by molar-refractivity contribution is 0.324. The van der Waals surface area contributed by atoms with Gasteiger partial charge in [0.05, 0.1) is 21.3 Å². The quantitative estimate of drug-likeness (QED) is 0.784. The molecule has 0 saturated carbocycles. The van der Waals surface area contributed by atoms with Crippen LogP contribution < -0.4 is 14.2 Å². The number of rotatable bonds is 5. The molecule has 0 atom stereocenters. The van der Waals surface area contributed by atoms with Crippen LogP contribution in [0, 0.1) is 5.92 Å². The van der Waals surface area contributed by atoms with Crippen molar-refractivity contribution in [3.63, 3.8) is 0 Å². The van der Waals surface area contributed by atoms with Crippen molar-refractivity contribution in [3.05, 3.63) is 23.8 Å². The van der Waals surface area contributed by atoms with E-state index < -0.39 is 0 Å². The zero-order chi connectivity index (χ0) is 12.8. The molecule has 0 N–H and O–H groups in total. The highest BCUT2D eigenvalue weighted by molar-refractivity contribution is 5.66. The molecule has 0 fully saturated rings. The number of hydrogen-bond acceptors (Lipinski definition) is 3. The number of methoxy groups -OCH3 is 3. The van der Waals surface area contributed by atoms with E-state index in [1.54, 1.807) is 21.3 Å². The van der Waals surface area contributed by atoms with Crippen molar-refractivity contribution in [2.75, 3.05) is 21.3 Å². The molecule has 0 spiro atoms. The Morgan fingerprint density at radius 1 is 0.941 bits per heavy atom. The van der Waals surface area contributed by atoms with E-state index in [-0.39, 0.29) is 0 Å². The number of benzene rings is 1. The molecular weight excluding hydrogens is 216 g/mol. The Morgan fingerprint density at radius 3 is 2.06 bits per heavy atom. The molecule has 3 nitrogen and oxygen atoms in total. The Balaban J connectivity index is 3.23. The average molecular weight is 236 g/mol. The van der Waals surface area contributed by atoms with Crippen LogP contribution in [-0.4, -0.2) is 21.3 Å². The van der Waals surface area contributed by atoms with E-state index in [0.29, 0.717) is 23.2 Å². The van der Waals surface area contributed by atoms with Crippen LogP contribution in [0.3, 0.4) is 0 Å². The van der Waals surface area contributed by atoms with Crippen LogP contribution in [0.4, 0.5) is 0 Å². The molecule has 1 aromatic rings. The van der Waals surface area contributed by atoms with E-state index in [1.165, 1.54) is 0 Å². The normalized spacial score (nSPS) is 10.9. The second-order valence-electron chi connectivity index (χ2n) is 4.03. The van der Waals surface area contributed by atoms with E-state index in [2.05, 4.69) is 19.9 Å². The van der Waals surface area contributed by atoms with E-state index >= 15 is 0 Å². The van der Waals surface area contributed by atoms with Gasteiger partial charge in [-0.2, -0.15) is 0 Å². The van der Waals surface area contributed by atoms with Gasteiger partial charge in [0.25, 0.3) is 0 Å². The Labute approximate surface area is 103 Å². The summed E-state index contributed by atoms with van der Waals surface area (Å²) in [4.78, 5) is 0. The standard InChI is InChI=1S/C14H20O3/c1-10(2)6-7-11-8-9-12(15-3)14(17-5)13(11)16-4/h6-10H,1-5H3/b7-6+. The van der Waals surface area contributed by atoms with Gasteiger partial charge < -0.3 is 14.2 Å². The summed E-state index contributed by atoms with van der Waals surface area (Å²) in [6.45, 7) is 4.26. The third-order valence-corrected chi connectivity index (χ3v) is 2.40. The lowest BCUT2D eigenvalue weighted by atomic mass is 10.1. The molecule has 0 aliphatic carbocycles. The van der Waals surface area contributed by atoms with Crippen molar-refractivity contribution in [1.29, 1.82) is 0 Å². The maximum Gasteiger partial charge on any atom is 0.203 e. The molecular formula is C14H20O3. The van der Waals surface area contributed by atoms with Crippen LogP contribution in [0.2, 0.25) is 0 Å². The van der Waals surface area contributed by atoms with Crippen LogP contribution in [0.5, 0.6) is 17.2 Å². The van der Waals surface area contributed by atoms with Crippen molar-refractivity contribution >= 4 is 6.08 Å². The number of allylic oxidation sites excluding steroid dienone is 1. The fourth-order valence-corrected chi connectivity index (χ4v) is 1.55. The molecule has 0 amide bonds. The van der Waals surface area contributed by atoms with Crippen LogP contribution in [0.15, 0.2) is 18.2 Å². The van der Waals surface area contributed by atoms with Crippen LogP contribution in [-0.2, 0) is 0 Å². The van der Waals surface area contributed by atoms with E-state index in [0.717, 1.165) is 5.56 Å². The summed E-state index contributed by atoms with van der Waals surface area (Å²) >= 11 is 0. The first kappa shape index (κ1) is 13.4. The van der Waals surface area contributed by atoms with Crippen LogP contribution >= 0.6 is 0 Å².